The van der Waals surface area contributed by atoms with Gasteiger partial charge in [0.1, 0.15) is 11.8 Å². The van der Waals surface area contributed by atoms with Crippen LogP contribution in [-0.4, -0.2) is 53.9 Å². The van der Waals surface area contributed by atoms with Crippen LogP contribution >= 0.6 is 0 Å². The summed E-state index contributed by atoms with van der Waals surface area (Å²) in [6, 6.07) is 17.5. The van der Waals surface area contributed by atoms with E-state index in [0.717, 1.165) is 16.8 Å². The lowest BCUT2D eigenvalue weighted by atomic mass is 10.0. The van der Waals surface area contributed by atoms with E-state index in [4.69, 9.17) is 4.74 Å². The Morgan fingerprint density at radius 1 is 1.17 bits per heavy atom. The topological polar surface area (TPSA) is 85.7 Å². The Bertz CT molecular complexity index is 970. The lowest BCUT2D eigenvalue weighted by molar-refractivity contribution is -0.135. The number of hydrogen-bond donors (Lipinski definition) is 1. The first kappa shape index (κ1) is 19.9. The molecule has 1 fully saturated rings. The average molecular weight is 404 g/mol. The van der Waals surface area contributed by atoms with E-state index in [1.54, 1.807) is 17.0 Å². The van der Waals surface area contributed by atoms with E-state index in [9.17, 15) is 14.9 Å². The number of carbonyl (C=O) groups excluding carboxylic acids is 2. The highest BCUT2D eigenvalue weighted by molar-refractivity contribution is 5.94. The van der Waals surface area contributed by atoms with E-state index in [2.05, 4.69) is 16.3 Å². The zero-order chi connectivity index (χ0) is 20.9. The second-order valence-electron chi connectivity index (χ2n) is 7.60. The van der Waals surface area contributed by atoms with Crippen molar-refractivity contribution in [3.63, 3.8) is 0 Å². The summed E-state index contributed by atoms with van der Waals surface area (Å²) in [7, 11) is 0. The molecule has 0 radical (unpaired) electrons. The van der Waals surface area contributed by atoms with E-state index >= 15 is 0 Å². The Kier molecular flexibility index (Phi) is 5.96. The third kappa shape index (κ3) is 4.61. The second kappa shape index (κ2) is 8.97. The molecule has 2 aromatic carbocycles. The molecule has 1 saturated heterocycles. The number of hydrogen-bond acceptors (Lipinski definition) is 5. The van der Waals surface area contributed by atoms with Gasteiger partial charge in [-0.2, -0.15) is 5.26 Å². The first-order valence-electron chi connectivity index (χ1n) is 10.1. The largest absolute Gasteiger partial charge is 0.484 e. The number of aryl methyl sites for hydroxylation is 1. The zero-order valence-corrected chi connectivity index (χ0v) is 16.7. The molecule has 7 heteroatoms. The quantitative estimate of drug-likeness (QED) is 0.826. The van der Waals surface area contributed by atoms with Gasteiger partial charge < -0.3 is 15.0 Å². The van der Waals surface area contributed by atoms with Crippen LogP contribution in [0, 0.1) is 11.3 Å². The molecular formula is C23H24N4O3. The molecule has 0 saturated carbocycles. The molecule has 2 aromatic rings. The van der Waals surface area contributed by atoms with Crippen LogP contribution in [0.3, 0.4) is 0 Å². The zero-order valence-electron chi connectivity index (χ0n) is 16.7. The first-order chi connectivity index (χ1) is 14.6. The van der Waals surface area contributed by atoms with Crippen LogP contribution in [0.2, 0.25) is 0 Å². The maximum atomic E-state index is 12.6. The Balaban J connectivity index is 1.31. The summed E-state index contributed by atoms with van der Waals surface area (Å²) >= 11 is 0. The molecule has 1 atom stereocenters. The van der Waals surface area contributed by atoms with Gasteiger partial charge in [0.15, 0.2) is 6.61 Å². The molecule has 2 aliphatic heterocycles. The van der Waals surface area contributed by atoms with E-state index in [1.165, 1.54) is 0 Å². The minimum atomic E-state index is -0.338. The fraction of sp³-hybridized carbons (Fsp3) is 0.348. The van der Waals surface area contributed by atoms with E-state index < -0.39 is 0 Å². The molecule has 0 aliphatic carbocycles. The third-order valence-electron chi connectivity index (χ3n) is 5.56. The average Bonchev–Trinajstić information content (AvgIpc) is 2.78. The second-order valence-corrected chi connectivity index (χ2v) is 7.60. The van der Waals surface area contributed by atoms with Gasteiger partial charge in [0, 0.05) is 38.3 Å². The Morgan fingerprint density at radius 3 is 2.80 bits per heavy atom. The number of rotatable bonds is 5. The van der Waals surface area contributed by atoms with Gasteiger partial charge >= 0.3 is 0 Å². The van der Waals surface area contributed by atoms with Crippen molar-refractivity contribution >= 4 is 17.5 Å². The van der Waals surface area contributed by atoms with Crippen molar-refractivity contribution < 1.29 is 14.3 Å². The number of nitrogens with zero attached hydrogens (tertiary/aromatic N) is 3. The van der Waals surface area contributed by atoms with E-state index in [-0.39, 0.29) is 24.5 Å². The normalized spacial score (nSPS) is 18.8. The van der Waals surface area contributed by atoms with Crippen LogP contribution in [0.1, 0.15) is 17.5 Å². The summed E-state index contributed by atoms with van der Waals surface area (Å²) in [5.41, 5.74) is 2.97. The highest BCUT2D eigenvalue weighted by atomic mass is 16.5. The van der Waals surface area contributed by atoms with Crippen molar-refractivity contribution in [1.82, 2.24) is 9.80 Å². The van der Waals surface area contributed by atoms with Gasteiger partial charge in [0.25, 0.3) is 5.91 Å². The van der Waals surface area contributed by atoms with Crippen LogP contribution in [0.25, 0.3) is 0 Å². The summed E-state index contributed by atoms with van der Waals surface area (Å²) < 4.78 is 5.70. The standard InChI is InChI=1S/C23H24N4O3/c24-13-19-15-27(11-10-26(19)14-17-4-2-1-3-5-17)23(29)16-30-20-7-8-21-18(12-20)6-9-22(28)25-21/h1-5,7-8,12,19H,6,9-11,14-16H2,(H,25,28). The van der Waals surface area contributed by atoms with Crippen molar-refractivity contribution in [3.8, 4) is 11.8 Å². The van der Waals surface area contributed by atoms with Gasteiger partial charge in [0.2, 0.25) is 5.91 Å². The summed E-state index contributed by atoms with van der Waals surface area (Å²) in [5.74, 6) is 0.503. The van der Waals surface area contributed by atoms with Gasteiger partial charge in [-0.25, -0.2) is 0 Å². The van der Waals surface area contributed by atoms with Crippen LogP contribution < -0.4 is 10.1 Å². The molecule has 1 unspecified atom stereocenters. The van der Waals surface area contributed by atoms with Crippen molar-refractivity contribution in [1.29, 1.82) is 5.26 Å². The maximum Gasteiger partial charge on any atom is 0.260 e. The number of ether oxygens (including phenoxy) is 1. The van der Waals surface area contributed by atoms with E-state index in [1.807, 2.05) is 36.4 Å². The molecule has 0 spiro atoms. The molecule has 4 rings (SSSR count). The van der Waals surface area contributed by atoms with Gasteiger partial charge in [-0.3, -0.25) is 14.5 Å². The fourth-order valence-electron chi connectivity index (χ4n) is 3.86. The van der Waals surface area contributed by atoms with Crippen LogP contribution in [0.4, 0.5) is 5.69 Å². The molecule has 7 nitrogen and oxygen atoms in total. The minimum absolute atomic E-state index is 0.0183. The molecule has 0 aromatic heterocycles. The molecule has 2 aliphatic rings. The first-order valence-corrected chi connectivity index (χ1v) is 10.1. The summed E-state index contributed by atoms with van der Waals surface area (Å²) in [4.78, 5) is 27.9. The molecule has 1 N–H and O–H groups in total. The number of amides is 2. The van der Waals surface area contributed by atoms with Crippen LogP contribution in [0.5, 0.6) is 5.75 Å². The van der Waals surface area contributed by atoms with Gasteiger partial charge in [-0.1, -0.05) is 30.3 Å². The summed E-state index contributed by atoms with van der Waals surface area (Å²) in [6.45, 7) is 2.23. The van der Waals surface area contributed by atoms with Gasteiger partial charge in [-0.15, -0.1) is 0 Å². The summed E-state index contributed by atoms with van der Waals surface area (Å²) in [6.07, 6.45) is 1.12. The predicted octanol–water partition coefficient (Wildman–Crippen LogP) is 2.19. The van der Waals surface area contributed by atoms with Crippen LogP contribution in [0.15, 0.2) is 48.5 Å². The lowest BCUT2D eigenvalue weighted by Crippen LogP contribution is -2.54. The number of benzene rings is 2. The highest BCUT2D eigenvalue weighted by Crippen LogP contribution is 2.27. The Morgan fingerprint density at radius 2 is 2.00 bits per heavy atom. The molecule has 30 heavy (non-hydrogen) atoms. The summed E-state index contributed by atoms with van der Waals surface area (Å²) in [5, 5.41) is 12.4. The molecular weight excluding hydrogens is 380 g/mol. The van der Waals surface area contributed by atoms with Crippen molar-refractivity contribution in [2.45, 2.75) is 25.4 Å². The number of nitriles is 1. The van der Waals surface area contributed by atoms with Gasteiger partial charge in [-0.05, 0) is 35.7 Å². The Hall–Kier alpha value is -3.37. The number of nitrogens with one attached hydrogen (secondary N) is 1. The number of fused-ring (bicyclic) bond motifs is 1. The minimum Gasteiger partial charge on any atom is -0.484 e. The van der Waals surface area contributed by atoms with Crippen molar-refractivity contribution in [3.05, 3.63) is 59.7 Å². The number of carbonyl (C=O) groups is 2. The third-order valence-corrected chi connectivity index (χ3v) is 5.56. The molecule has 2 amide bonds. The monoisotopic (exact) mass is 404 g/mol. The lowest BCUT2D eigenvalue weighted by Gasteiger charge is -2.38. The fourth-order valence-corrected chi connectivity index (χ4v) is 3.86. The van der Waals surface area contributed by atoms with Crippen molar-refractivity contribution in [2.24, 2.45) is 0 Å². The number of anilines is 1. The smallest absolute Gasteiger partial charge is 0.260 e. The van der Waals surface area contributed by atoms with Gasteiger partial charge in [0.05, 0.1) is 6.07 Å². The molecule has 0 bridgehead atoms. The highest BCUT2D eigenvalue weighted by Gasteiger charge is 2.29. The van der Waals surface area contributed by atoms with Crippen molar-refractivity contribution in [2.75, 3.05) is 31.6 Å². The molecule has 2 heterocycles. The van der Waals surface area contributed by atoms with E-state index in [0.29, 0.717) is 44.8 Å². The molecule has 154 valence electrons. The predicted molar refractivity (Wildman–Crippen MR) is 112 cm³/mol. The maximum absolute atomic E-state index is 12.6. The SMILES string of the molecule is N#CC1CN(C(=O)COc2ccc3c(c2)CCC(=O)N3)CCN1Cc1ccccc1. The Labute approximate surface area is 175 Å². The number of piperazine rings is 1. The van der Waals surface area contributed by atoms with Crippen LogP contribution in [-0.2, 0) is 22.6 Å².